The number of allylic oxidation sites excluding steroid dienone is 2. The standard InChI is InChI=1S/C17H22O2/c1-17-7-6-12-13(15(17)4-5-16(17)19)3-2-10-8-11(18)9-14(10)12/h8,12-15H,2-7,9H2,1H3/t12-,13+,14-,15-,17-/m0/s1. The summed E-state index contributed by atoms with van der Waals surface area (Å²) in [5.41, 5.74) is 1.41. The molecule has 3 saturated carbocycles. The predicted molar refractivity (Wildman–Crippen MR) is 72.5 cm³/mol. The van der Waals surface area contributed by atoms with E-state index < -0.39 is 0 Å². The lowest BCUT2D eigenvalue weighted by atomic mass is 9.53. The van der Waals surface area contributed by atoms with Crippen LogP contribution >= 0.6 is 0 Å². The maximum atomic E-state index is 12.2. The first-order chi connectivity index (χ1) is 9.09. The molecule has 0 amide bonds. The summed E-state index contributed by atoms with van der Waals surface area (Å²) in [7, 11) is 0. The Labute approximate surface area is 114 Å². The minimum absolute atomic E-state index is 0.0228. The highest BCUT2D eigenvalue weighted by atomic mass is 16.1. The monoisotopic (exact) mass is 258 g/mol. The minimum Gasteiger partial charge on any atom is -0.299 e. The van der Waals surface area contributed by atoms with Crippen molar-refractivity contribution in [1.29, 1.82) is 0 Å². The number of carbonyl (C=O) groups excluding carboxylic acids is 2. The van der Waals surface area contributed by atoms with Crippen LogP contribution in [-0.2, 0) is 9.59 Å². The number of hydrogen-bond donors (Lipinski definition) is 0. The van der Waals surface area contributed by atoms with Crippen LogP contribution in [0.1, 0.15) is 51.9 Å². The number of carbonyl (C=O) groups is 2. The fourth-order valence-electron chi connectivity index (χ4n) is 5.74. The van der Waals surface area contributed by atoms with Crippen LogP contribution in [0.15, 0.2) is 11.6 Å². The Morgan fingerprint density at radius 2 is 1.95 bits per heavy atom. The van der Waals surface area contributed by atoms with E-state index in [-0.39, 0.29) is 5.41 Å². The fraction of sp³-hybridized carbons (Fsp3) is 0.765. The van der Waals surface area contributed by atoms with E-state index in [2.05, 4.69) is 6.92 Å². The summed E-state index contributed by atoms with van der Waals surface area (Å²) >= 11 is 0. The number of ketones is 2. The second-order valence-corrected chi connectivity index (χ2v) is 7.39. The van der Waals surface area contributed by atoms with Crippen molar-refractivity contribution in [2.75, 3.05) is 0 Å². The van der Waals surface area contributed by atoms with E-state index in [4.69, 9.17) is 0 Å². The molecule has 4 aliphatic rings. The molecule has 5 atom stereocenters. The Balaban J connectivity index is 1.66. The molecule has 2 nitrogen and oxygen atoms in total. The molecule has 0 N–H and O–H groups in total. The Kier molecular flexibility index (Phi) is 2.38. The summed E-state index contributed by atoms with van der Waals surface area (Å²) in [4.78, 5) is 23.9. The van der Waals surface area contributed by atoms with Gasteiger partial charge in [-0.15, -0.1) is 0 Å². The molecule has 2 heteroatoms. The Morgan fingerprint density at radius 3 is 2.79 bits per heavy atom. The van der Waals surface area contributed by atoms with Crippen LogP contribution in [0.25, 0.3) is 0 Å². The normalized spacial score (nSPS) is 48.6. The van der Waals surface area contributed by atoms with E-state index in [1.54, 1.807) is 0 Å². The van der Waals surface area contributed by atoms with Crippen molar-refractivity contribution in [1.82, 2.24) is 0 Å². The fourth-order valence-corrected chi connectivity index (χ4v) is 5.74. The van der Waals surface area contributed by atoms with Gasteiger partial charge < -0.3 is 0 Å². The molecule has 102 valence electrons. The van der Waals surface area contributed by atoms with E-state index in [1.165, 1.54) is 18.4 Å². The molecule has 0 unspecified atom stereocenters. The van der Waals surface area contributed by atoms with Crippen LogP contribution in [-0.4, -0.2) is 11.6 Å². The maximum absolute atomic E-state index is 12.2. The molecule has 0 aliphatic heterocycles. The number of rotatable bonds is 0. The van der Waals surface area contributed by atoms with Gasteiger partial charge in [0.25, 0.3) is 0 Å². The van der Waals surface area contributed by atoms with Gasteiger partial charge in [0.15, 0.2) is 5.78 Å². The summed E-state index contributed by atoms with van der Waals surface area (Å²) in [5.74, 6) is 3.40. The van der Waals surface area contributed by atoms with E-state index in [1.807, 2.05) is 6.08 Å². The summed E-state index contributed by atoms with van der Waals surface area (Å²) in [6.07, 6.45) is 9.15. The second kappa shape index (κ2) is 3.80. The number of Topliss-reactive ketones (excluding diaryl/α,β-unsaturated/α-hetero) is 1. The average molecular weight is 258 g/mol. The van der Waals surface area contributed by atoms with Crippen molar-refractivity contribution in [3.05, 3.63) is 11.6 Å². The van der Waals surface area contributed by atoms with Gasteiger partial charge in [-0.2, -0.15) is 0 Å². The zero-order valence-electron chi connectivity index (χ0n) is 11.7. The molecular weight excluding hydrogens is 236 g/mol. The van der Waals surface area contributed by atoms with Gasteiger partial charge in [0, 0.05) is 18.3 Å². The summed E-state index contributed by atoms with van der Waals surface area (Å²) < 4.78 is 0. The van der Waals surface area contributed by atoms with Crippen molar-refractivity contribution < 1.29 is 9.59 Å². The van der Waals surface area contributed by atoms with Crippen molar-refractivity contribution >= 4 is 11.6 Å². The van der Waals surface area contributed by atoms with Gasteiger partial charge in [0.05, 0.1) is 0 Å². The zero-order valence-corrected chi connectivity index (χ0v) is 11.7. The van der Waals surface area contributed by atoms with Gasteiger partial charge in [-0.3, -0.25) is 9.59 Å². The van der Waals surface area contributed by atoms with Crippen molar-refractivity contribution in [3.63, 3.8) is 0 Å². The molecular formula is C17H22O2. The first-order valence-electron chi connectivity index (χ1n) is 7.86. The number of fused-ring (bicyclic) bond motifs is 5. The van der Waals surface area contributed by atoms with Crippen molar-refractivity contribution in [2.45, 2.75) is 51.9 Å². The average Bonchev–Trinajstić information content (AvgIpc) is 2.90. The topological polar surface area (TPSA) is 34.1 Å². The lowest BCUT2D eigenvalue weighted by Crippen LogP contribution is -2.45. The first-order valence-corrected chi connectivity index (χ1v) is 7.86. The molecule has 0 saturated heterocycles. The summed E-state index contributed by atoms with van der Waals surface area (Å²) in [5, 5.41) is 0. The third-order valence-electron chi connectivity index (χ3n) is 6.73. The molecule has 0 aromatic heterocycles. The van der Waals surface area contributed by atoms with Gasteiger partial charge in [0.2, 0.25) is 0 Å². The molecule has 4 aliphatic carbocycles. The maximum Gasteiger partial charge on any atom is 0.156 e. The molecule has 0 aromatic rings. The summed E-state index contributed by atoms with van der Waals surface area (Å²) in [6.45, 7) is 2.22. The highest BCUT2D eigenvalue weighted by Gasteiger charge is 2.56. The highest BCUT2D eigenvalue weighted by molar-refractivity contribution is 5.93. The van der Waals surface area contributed by atoms with Crippen LogP contribution in [0.5, 0.6) is 0 Å². The van der Waals surface area contributed by atoms with Crippen LogP contribution in [0, 0.1) is 29.1 Å². The molecule has 3 fully saturated rings. The van der Waals surface area contributed by atoms with Gasteiger partial charge in [0.1, 0.15) is 5.78 Å². The predicted octanol–water partition coefficient (Wildman–Crippen LogP) is 3.31. The van der Waals surface area contributed by atoms with E-state index in [0.29, 0.717) is 35.2 Å². The van der Waals surface area contributed by atoms with E-state index in [9.17, 15) is 9.59 Å². The Hall–Kier alpha value is -0.920. The van der Waals surface area contributed by atoms with E-state index in [0.717, 1.165) is 32.1 Å². The molecule has 19 heavy (non-hydrogen) atoms. The quantitative estimate of drug-likeness (QED) is 0.668. The summed E-state index contributed by atoms with van der Waals surface area (Å²) in [6, 6.07) is 0. The van der Waals surface area contributed by atoms with Crippen LogP contribution in [0.2, 0.25) is 0 Å². The zero-order chi connectivity index (χ0) is 13.2. The number of hydrogen-bond acceptors (Lipinski definition) is 2. The van der Waals surface area contributed by atoms with Crippen LogP contribution in [0.3, 0.4) is 0 Å². The Bertz CT molecular complexity index is 489. The Morgan fingerprint density at radius 1 is 1.11 bits per heavy atom. The van der Waals surface area contributed by atoms with E-state index >= 15 is 0 Å². The smallest absolute Gasteiger partial charge is 0.156 e. The van der Waals surface area contributed by atoms with Crippen LogP contribution in [0.4, 0.5) is 0 Å². The van der Waals surface area contributed by atoms with Gasteiger partial charge in [-0.1, -0.05) is 12.5 Å². The first kappa shape index (κ1) is 11.9. The molecule has 0 aromatic carbocycles. The van der Waals surface area contributed by atoms with Crippen molar-refractivity contribution in [3.8, 4) is 0 Å². The minimum atomic E-state index is -0.0228. The lowest BCUT2D eigenvalue weighted by Gasteiger charge is -2.50. The molecule has 0 radical (unpaired) electrons. The second-order valence-electron chi connectivity index (χ2n) is 7.39. The van der Waals surface area contributed by atoms with Gasteiger partial charge >= 0.3 is 0 Å². The van der Waals surface area contributed by atoms with Crippen LogP contribution < -0.4 is 0 Å². The lowest BCUT2D eigenvalue weighted by molar-refractivity contribution is -0.131. The largest absolute Gasteiger partial charge is 0.299 e. The van der Waals surface area contributed by atoms with Crippen molar-refractivity contribution in [2.24, 2.45) is 29.1 Å². The highest BCUT2D eigenvalue weighted by Crippen LogP contribution is 2.60. The van der Waals surface area contributed by atoms with Gasteiger partial charge in [-0.25, -0.2) is 0 Å². The van der Waals surface area contributed by atoms with Gasteiger partial charge in [-0.05, 0) is 61.9 Å². The molecule has 0 spiro atoms. The molecule has 0 bridgehead atoms. The third kappa shape index (κ3) is 1.49. The third-order valence-corrected chi connectivity index (χ3v) is 6.73. The molecule has 4 rings (SSSR count). The SMILES string of the molecule is C[C@]12CC[C@H]3[C@@H](CCC4=CC(=O)C[C@@H]43)[C@@H]1CCC2=O. The molecule has 0 heterocycles.